The van der Waals surface area contributed by atoms with Crippen LogP contribution in [-0.2, 0) is 17.8 Å². The Morgan fingerprint density at radius 3 is 2.53 bits per heavy atom. The number of carbonyl (C=O) groups excluding carboxylic acids is 2. The van der Waals surface area contributed by atoms with E-state index in [9.17, 15) is 14.4 Å². The molecule has 7 nitrogen and oxygen atoms in total. The molecule has 1 saturated heterocycles. The van der Waals surface area contributed by atoms with Crippen molar-refractivity contribution in [2.24, 2.45) is 5.92 Å². The normalized spacial score (nSPS) is 23.0. The number of pyridine rings is 1. The molecule has 3 atom stereocenters. The zero-order chi connectivity index (χ0) is 23.5. The van der Waals surface area contributed by atoms with Crippen LogP contribution in [0.4, 0.5) is 4.79 Å². The molecule has 1 aromatic heterocycles. The van der Waals surface area contributed by atoms with Gasteiger partial charge in [-0.25, -0.2) is 4.79 Å². The monoisotopic (exact) mass is 462 g/mol. The fourth-order valence-electron chi connectivity index (χ4n) is 5.91. The quantitative estimate of drug-likeness (QED) is 0.717. The summed E-state index contributed by atoms with van der Waals surface area (Å²) in [6.45, 7) is 1.81. The van der Waals surface area contributed by atoms with Crippen LogP contribution in [0.15, 0.2) is 53.3 Å². The number of hydrogen-bond acceptors (Lipinski definition) is 3. The van der Waals surface area contributed by atoms with Gasteiger partial charge in [-0.15, -0.1) is 0 Å². The van der Waals surface area contributed by atoms with E-state index in [-0.39, 0.29) is 35.4 Å². The van der Waals surface area contributed by atoms with Gasteiger partial charge >= 0.3 is 6.03 Å². The summed E-state index contributed by atoms with van der Waals surface area (Å²) < 4.78 is 1.86. The summed E-state index contributed by atoms with van der Waals surface area (Å²) >= 11 is 0. The molecule has 3 amide bonds. The lowest BCUT2D eigenvalue weighted by molar-refractivity contribution is -0.123. The van der Waals surface area contributed by atoms with Gasteiger partial charge in [0.15, 0.2) is 0 Å². The van der Waals surface area contributed by atoms with E-state index in [1.807, 2.05) is 45.9 Å². The number of rotatable bonds is 5. The summed E-state index contributed by atoms with van der Waals surface area (Å²) in [6, 6.07) is 14.6. The van der Waals surface area contributed by atoms with Crippen LogP contribution in [0, 0.1) is 5.92 Å². The van der Waals surface area contributed by atoms with Crippen LogP contribution in [0.25, 0.3) is 0 Å². The van der Waals surface area contributed by atoms with Gasteiger partial charge in [0.1, 0.15) is 6.04 Å². The van der Waals surface area contributed by atoms with E-state index in [1.165, 1.54) is 6.42 Å². The third-order valence-electron chi connectivity index (χ3n) is 7.62. The lowest BCUT2D eigenvalue weighted by atomic mass is 9.83. The number of carbonyl (C=O) groups is 2. The van der Waals surface area contributed by atoms with Crippen molar-refractivity contribution in [3.05, 3.63) is 70.1 Å². The first-order valence-corrected chi connectivity index (χ1v) is 12.7. The maximum Gasteiger partial charge on any atom is 0.318 e. The number of fused-ring (bicyclic) bond motifs is 4. The number of likely N-dealkylation sites (tertiary alicyclic amines) is 1. The summed E-state index contributed by atoms with van der Waals surface area (Å²) in [7, 11) is 0. The highest BCUT2D eigenvalue weighted by Gasteiger charge is 2.37. The SMILES string of the molecule is O=C(NC1CCCCC1)C(Cc1ccccc1)NC(=O)N1CC2CC(C1)c1cccc(=O)n1C2. The Morgan fingerprint density at radius 2 is 1.74 bits per heavy atom. The van der Waals surface area contributed by atoms with Crippen molar-refractivity contribution in [3.8, 4) is 0 Å². The Bertz CT molecular complexity index is 1080. The molecule has 3 unspecified atom stereocenters. The third kappa shape index (κ3) is 5.03. The minimum atomic E-state index is -0.617. The molecule has 1 aliphatic carbocycles. The zero-order valence-electron chi connectivity index (χ0n) is 19.6. The molecule has 5 rings (SSSR count). The molecule has 180 valence electrons. The summed E-state index contributed by atoms with van der Waals surface area (Å²) in [5.41, 5.74) is 2.07. The predicted molar refractivity (Wildman–Crippen MR) is 131 cm³/mol. The Balaban J connectivity index is 1.29. The minimum absolute atomic E-state index is 0.0346. The predicted octanol–water partition coefficient (Wildman–Crippen LogP) is 3.04. The molecule has 3 heterocycles. The average molecular weight is 463 g/mol. The maximum atomic E-state index is 13.4. The molecule has 1 aromatic carbocycles. The molecule has 3 aliphatic rings. The highest BCUT2D eigenvalue weighted by atomic mass is 16.2. The van der Waals surface area contributed by atoms with E-state index in [0.717, 1.165) is 43.4 Å². The second-order valence-corrected chi connectivity index (χ2v) is 10.1. The summed E-state index contributed by atoms with van der Waals surface area (Å²) in [6.07, 6.45) is 6.97. The Kier molecular flexibility index (Phi) is 6.70. The summed E-state index contributed by atoms with van der Waals surface area (Å²) in [5, 5.41) is 6.25. The Morgan fingerprint density at radius 1 is 0.941 bits per heavy atom. The number of hydrogen-bond donors (Lipinski definition) is 2. The Hall–Kier alpha value is -3.09. The van der Waals surface area contributed by atoms with Crippen molar-refractivity contribution in [1.82, 2.24) is 20.1 Å². The lowest BCUT2D eigenvalue weighted by Gasteiger charge is -2.43. The van der Waals surface area contributed by atoms with Gasteiger partial charge in [0.05, 0.1) is 0 Å². The standard InChI is InChI=1S/C27H34N4O3/c32-25-13-7-12-24-21-14-20(17-31(24)25)16-30(18-21)27(34)29-23(15-19-8-3-1-4-9-19)26(33)28-22-10-5-2-6-11-22/h1,3-4,7-9,12-13,20-23H,2,5-6,10-11,14-18H2,(H,28,33)(H,29,34). The highest BCUT2D eigenvalue weighted by Crippen LogP contribution is 2.34. The van der Waals surface area contributed by atoms with E-state index in [2.05, 4.69) is 10.6 Å². The van der Waals surface area contributed by atoms with Crippen molar-refractivity contribution in [3.63, 3.8) is 0 Å². The van der Waals surface area contributed by atoms with Crippen LogP contribution in [0.2, 0.25) is 0 Å². The average Bonchev–Trinajstić information content (AvgIpc) is 2.85. The van der Waals surface area contributed by atoms with Gasteiger partial charge in [-0.1, -0.05) is 55.7 Å². The largest absolute Gasteiger partial charge is 0.352 e. The topological polar surface area (TPSA) is 83.4 Å². The molecule has 2 aromatic rings. The van der Waals surface area contributed by atoms with Gasteiger partial charge in [-0.05, 0) is 36.8 Å². The molecule has 2 N–H and O–H groups in total. The number of benzene rings is 1. The first kappa shape index (κ1) is 22.7. The number of nitrogens with one attached hydrogen (secondary N) is 2. The van der Waals surface area contributed by atoms with Gasteiger partial charge in [0.2, 0.25) is 5.91 Å². The van der Waals surface area contributed by atoms with Crippen LogP contribution >= 0.6 is 0 Å². The molecule has 2 bridgehead atoms. The number of nitrogens with zero attached hydrogens (tertiary/aromatic N) is 2. The van der Waals surface area contributed by atoms with E-state index in [4.69, 9.17) is 0 Å². The maximum absolute atomic E-state index is 13.4. The molecule has 1 saturated carbocycles. The fraction of sp³-hybridized carbons (Fsp3) is 0.519. The molecular formula is C27H34N4O3. The first-order chi connectivity index (χ1) is 16.6. The van der Waals surface area contributed by atoms with Crippen molar-refractivity contribution in [2.75, 3.05) is 13.1 Å². The van der Waals surface area contributed by atoms with E-state index in [1.54, 1.807) is 12.1 Å². The molecule has 34 heavy (non-hydrogen) atoms. The molecule has 2 aliphatic heterocycles. The van der Waals surface area contributed by atoms with Crippen molar-refractivity contribution < 1.29 is 9.59 Å². The van der Waals surface area contributed by atoms with Gasteiger partial charge in [0.25, 0.3) is 5.56 Å². The highest BCUT2D eigenvalue weighted by molar-refractivity contribution is 5.87. The molecular weight excluding hydrogens is 428 g/mol. The van der Waals surface area contributed by atoms with Gasteiger partial charge in [0, 0.05) is 49.8 Å². The summed E-state index contributed by atoms with van der Waals surface area (Å²) in [5.74, 6) is 0.301. The molecule has 0 spiro atoms. The van der Waals surface area contributed by atoms with Crippen molar-refractivity contribution in [1.29, 1.82) is 0 Å². The number of piperidine rings is 1. The van der Waals surface area contributed by atoms with E-state index >= 15 is 0 Å². The number of urea groups is 1. The zero-order valence-corrected chi connectivity index (χ0v) is 19.6. The Labute approximate surface area is 200 Å². The molecule has 7 heteroatoms. The van der Waals surface area contributed by atoms with Crippen LogP contribution in [0.3, 0.4) is 0 Å². The van der Waals surface area contributed by atoms with Gasteiger partial charge in [-0.3, -0.25) is 9.59 Å². The second kappa shape index (κ2) is 10.0. The molecule has 2 fully saturated rings. The van der Waals surface area contributed by atoms with Crippen molar-refractivity contribution in [2.45, 2.75) is 69.5 Å². The van der Waals surface area contributed by atoms with Gasteiger partial charge in [-0.2, -0.15) is 0 Å². The number of aromatic nitrogens is 1. The first-order valence-electron chi connectivity index (χ1n) is 12.7. The van der Waals surface area contributed by atoms with Crippen LogP contribution in [0.5, 0.6) is 0 Å². The third-order valence-corrected chi connectivity index (χ3v) is 7.62. The minimum Gasteiger partial charge on any atom is -0.352 e. The van der Waals surface area contributed by atoms with Crippen LogP contribution in [-0.4, -0.2) is 46.6 Å². The molecule has 0 radical (unpaired) electrons. The van der Waals surface area contributed by atoms with Gasteiger partial charge < -0.3 is 20.1 Å². The van der Waals surface area contributed by atoms with E-state index < -0.39 is 6.04 Å². The summed E-state index contributed by atoms with van der Waals surface area (Å²) in [4.78, 5) is 40.8. The second-order valence-electron chi connectivity index (χ2n) is 10.1. The van der Waals surface area contributed by atoms with Crippen LogP contribution < -0.4 is 16.2 Å². The van der Waals surface area contributed by atoms with Crippen molar-refractivity contribution >= 4 is 11.9 Å². The van der Waals surface area contributed by atoms with E-state index in [0.29, 0.717) is 26.1 Å². The number of amides is 3. The smallest absolute Gasteiger partial charge is 0.318 e. The lowest BCUT2D eigenvalue weighted by Crippen LogP contribution is -2.57. The van der Waals surface area contributed by atoms with Crippen LogP contribution in [0.1, 0.15) is 55.7 Å². The fourth-order valence-corrected chi connectivity index (χ4v) is 5.91.